The first-order valence-corrected chi connectivity index (χ1v) is 14.5. The van der Waals surface area contributed by atoms with E-state index >= 15 is 4.39 Å². The van der Waals surface area contributed by atoms with Crippen LogP contribution in [0.1, 0.15) is 38.6 Å². The number of imidazole rings is 1. The van der Waals surface area contributed by atoms with Gasteiger partial charge in [-0.25, -0.2) is 28.8 Å². The second-order valence-electron chi connectivity index (χ2n) is 11.3. The third-order valence-electron chi connectivity index (χ3n) is 7.91. The third-order valence-corrected chi connectivity index (χ3v) is 7.91. The predicted octanol–water partition coefficient (Wildman–Crippen LogP) is 4.18. The van der Waals surface area contributed by atoms with Gasteiger partial charge < -0.3 is 20.3 Å². The number of carbonyl (C=O) groups excluding carboxylic acids is 1. The Labute approximate surface area is 252 Å². The van der Waals surface area contributed by atoms with E-state index in [4.69, 9.17) is 9.88 Å². The summed E-state index contributed by atoms with van der Waals surface area (Å²) in [6.45, 7) is 5.02. The minimum absolute atomic E-state index is 0.197. The maximum atomic E-state index is 15.2. The van der Waals surface area contributed by atoms with E-state index < -0.39 is 18.0 Å². The number of carbonyl (C=O) groups is 2. The number of nitrogens with one attached hydrogen (secondary N) is 2. The molecule has 2 aliphatic heterocycles. The Kier molecular flexibility index (Phi) is 8.26. The summed E-state index contributed by atoms with van der Waals surface area (Å²) in [5, 5.41) is 20.8. The number of carboxylic acid groups (broad SMARTS) is 1. The van der Waals surface area contributed by atoms with E-state index in [9.17, 15) is 14.7 Å². The van der Waals surface area contributed by atoms with Gasteiger partial charge in [0.15, 0.2) is 0 Å². The van der Waals surface area contributed by atoms with E-state index in [1.807, 2.05) is 38.1 Å². The molecule has 0 saturated carbocycles. The van der Waals surface area contributed by atoms with Crippen molar-refractivity contribution >= 4 is 17.7 Å². The van der Waals surface area contributed by atoms with Crippen molar-refractivity contribution in [2.24, 2.45) is 5.92 Å². The normalized spacial score (nSPS) is 19.1. The Morgan fingerprint density at radius 2 is 1.98 bits per heavy atom. The average Bonchev–Trinajstić information content (AvgIpc) is 3.83. The fraction of sp³-hybridized carbons (Fsp3) is 0.367. The topological polar surface area (TPSA) is 151 Å². The van der Waals surface area contributed by atoms with E-state index in [2.05, 4.69) is 25.6 Å². The molecule has 2 saturated heterocycles. The molecule has 13 nitrogen and oxygen atoms in total. The van der Waals surface area contributed by atoms with Crippen LogP contribution >= 0.6 is 0 Å². The van der Waals surface area contributed by atoms with Crippen molar-refractivity contribution < 1.29 is 29.0 Å². The first-order chi connectivity index (χ1) is 21.3. The van der Waals surface area contributed by atoms with Crippen LogP contribution in [0.4, 0.5) is 14.9 Å². The molecule has 4 heterocycles. The van der Waals surface area contributed by atoms with Crippen molar-refractivity contribution in [2.45, 2.75) is 51.4 Å². The number of hydrogen-bond acceptors (Lipinski definition) is 8. The quantitative estimate of drug-likeness (QED) is 0.239. The summed E-state index contributed by atoms with van der Waals surface area (Å²) in [5.74, 6) is -0.204. The van der Waals surface area contributed by atoms with Crippen LogP contribution < -0.4 is 10.4 Å². The van der Waals surface area contributed by atoms with Crippen molar-refractivity contribution in [2.75, 3.05) is 18.2 Å². The summed E-state index contributed by atoms with van der Waals surface area (Å²) in [7, 11) is 0. The number of likely N-dealkylation sites (tertiary alicyclic amines) is 1. The molecule has 0 bridgehead atoms. The molecule has 4 aromatic rings. The van der Waals surface area contributed by atoms with Crippen LogP contribution in [0, 0.1) is 11.7 Å². The van der Waals surface area contributed by atoms with Gasteiger partial charge in [0.05, 0.1) is 42.9 Å². The van der Waals surface area contributed by atoms with Crippen LogP contribution in [0.25, 0.3) is 22.4 Å². The summed E-state index contributed by atoms with van der Waals surface area (Å²) >= 11 is 0. The minimum Gasteiger partial charge on any atom is -0.465 e. The largest absolute Gasteiger partial charge is 0.465 e. The molecule has 2 aliphatic rings. The Bertz CT molecular complexity index is 1610. The molecule has 0 spiro atoms. The number of amides is 2. The predicted molar refractivity (Wildman–Crippen MR) is 156 cm³/mol. The van der Waals surface area contributed by atoms with Gasteiger partial charge in [-0.3, -0.25) is 4.79 Å². The van der Waals surface area contributed by atoms with Crippen LogP contribution in [0.5, 0.6) is 0 Å². The second kappa shape index (κ2) is 12.4. The zero-order chi connectivity index (χ0) is 30.8. The zero-order valence-electron chi connectivity index (χ0n) is 24.3. The molecular formula is C30H33FN8O5. The summed E-state index contributed by atoms with van der Waals surface area (Å²) in [4.78, 5) is 44.8. The molecule has 2 amide bonds. The van der Waals surface area contributed by atoms with E-state index in [0.29, 0.717) is 42.3 Å². The van der Waals surface area contributed by atoms with E-state index in [-0.39, 0.29) is 24.0 Å². The lowest BCUT2D eigenvalue weighted by atomic mass is 10.0. The van der Waals surface area contributed by atoms with Crippen molar-refractivity contribution in [3.8, 4) is 22.4 Å². The average molecular weight is 605 g/mol. The smallest absolute Gasteiger partial charge is 0.405 e. The Morgan fingerprint density at radius 1 is 1.18 bits per heavy atom. The standard InChI is InChI=1S/C30H33FN8O5/c1-18(2)27(35-30(41)42)29(40)38-12-3-4-26(38)28-32-15-25(34-28)20-7-5-19(6-8-20)23-10-9-21(14-24(23)31)39-17-22(43-44-39)16-37-13-11-33-36-37/h5-11,13-15,18,22,26-27,35H,3-4,12,16-17H2,1-2H3,(H,32,34)(H,41,42)/t22-,26+,27+/m1/s1. The molecule has 3 N–H and O–H groups in total. The third kappa shape index (κ3) is 6.12. The highest BCUT2D eigenvalue weighted by Crippen LogP contribution is 2.34. The Hall–Kier alpha value is -4.82. The molecule has 0 radical (unpaired) electrons. The van der Waals surface area contributed by atoms with E-state index in [0.717, 1.165) is 24.1 Å². The number of anilines is 1. The van der Waals surface area contributed by atoms with Gasteiger partial charge in [0.25, 0.3) is 0 Å². The zero-order valence-corrected chi connectivity index (χ0v) is 24.3. The first kappa shape index (κ1) is 29.3. The maximum Gasteiger partial charge on any atom is 0.405 e. The number of H-pyrrole nitrogens is 1. The minimum atomic E-state index is -1.23. The van der Waals surface area contributed by atoms with E-state index in [1.54, 1.807) is 40.3 Å². The Balaban J connectivity index is 1.12. The fourth-order valence-corrected chi connectivity index (χ4v) is 5.65. The highest BCUT2D eigenvalue weighted by Gasteiger charge is 2.37. The number of hydrogen-bond donors (Lipinski definition) is 3. The number of halogens is 1. The van der Waals surface area contributed by atoms with Gasteiger partial charge in [-0.2, -0.15) is 0 Å². The molecule has 44 heavy (non-hydrogen) atoms. The first-order valence-electron chi connectivity index (χ1n) is 14.5. The lowest BCUT2D eigenvalue weighted by molar-refractivity contribution is -0.284. The lowest BCUT2D eigenvalue weighted by Crippen LogP contribution is -2.50. The molecule has 230 valence electrons. The molecule has 14 heteroatoms. The second-order valence-corrected chi connectivity index (χ2v) is 11.3. The van der Waals surface area contributed by atoms with Gasteiger partial charge in [-0.1, -0.05) is 43.3 Å². The van der Waals surface area contributed by atoms with Crippen molar-refractivity contribution in [3.05, 3.63) is 72.7 Å². The van der Waals surface area contributed by atoms with E-state index in [1.165, 1.54) is 11.1 Å². The number of hydroxylamine groups is 1. The van der Waals surface area contributed by atoms with Crippen LogP contribution in [-0.4, -0.2) is 72.2 Å². The maximum absolute atomic E-state index is 15.2. The number of aromatic nitrogens is 5. The van der Waals surface area contributed by atoms with Crippen LogP contribution in [0.3, 0.4) is 0 Å². The van der Waals surface area contributed by atoms with Crippen molar-refractivity contribution in [1.29, 1.82) is 0 Å². The molecule has 6 rings (SSSR count). The SMILES string of the molecule is CC(C)[C@H](NC(=O)O)C(=O)N1CCC[C@H]1c1ncc(-c2ccc(-c3ccc(N4C[C@@H](Cn5ccnn5)OO4)cc3F)cc2)[nH]1. The summed E-state index contributed by atoms with van der Waals surface area (Å²) in [6.07, 6.45) is 5.04. The van der Waals surface area contributed by atoms with Crippen LogP contribution in [-0.2, 0) is 21.2 Å². The van der Waals surface area contributed by atoms with Crippen molar-refractivity contribution in [1.82, 2.24) is 35.2 Å². The highest BCUT2D eigenvalue weighted by molar-refractivity contribution is 5.86. The molecule has 2 aromatic carbocycles. The lowest BCUT2D eigenvalue weighted by Gasteiger charge is -2.29. The highest BCUT2D eigenvalue weighted by atomic mass is 19.1. The number of aromatic amines is 1. The van der Waals surface area contributed by atoms with Crippen LogP contribution in [0.2, 0.25) is 0 Å². The summed E-state index contributed by atoms with van der Waals surface area (Å²) in [5.41, 5.74) is 3.30. The fourth-order valence-electron chi connectivity index (χ4n) is 5.65. The number of nitrogens with zero attached hydrogens (tertiary/aromatic N) is 6. The van der Waals surface area contributed by atoms with Gasteiger partial charge in [0.2, 0.25) is 5.91 Å². The molecule has 2 fully saturated rings. The number of rotatable bonds is 9. The van der Waals surface area contributed by atoms with Crippen molar-refractivity contribution in [3.63, 3.8) is 0 Å². The van der Waals surface area contributed by atoms with Gasteiger partial charge in [-0.15, -0.1) is 10.1 Å². The monoisotopic (exact) mass is 604 g/mol. The Morgan fingerprint density at radius 3 is 2.68 bits per heavy atom. The van der Waals surface area contributed by atoms with Crippen LogP contribution in [0.15, 0.2) is 61.1 Å². The summed E-state index contributed by atoms with van der Waals surface area (Å²) in [6, 6.07) is 11.2. The number of benzene rings is 2. The van der Waals surface area contributed by atoms with Gasteiger partial charge in [-0.05, 0) is 42.0 Å². The van der Waals surface area contributed by atoms with Gasteiger partial charge in [0, 0.05) is 24.4 Å². The molecular weight excluding hydrogens is 571 g/mol. The molecule has 2 aromatic heterocycles. The molecule has 0 unspecified atom stereocenters. The van der Waals surface area contributed by atoms with Gasteiger partial charge in [0.1, 0.15) is 23.8 Å². The molecule has 0 aliphatic carbocycles. The summed E-state index contributed by atoms with van der Waals surface area (Å²) < 4.78 is 16.9. The van der Waals surface area contributed by atoms with Gasteiger partial charge >= 0.3 is 6.09 Å². The molecule has 3 atom stereocenters.